The lowest BCUT2D eigenvalue weighted by molar-refractivity contribution is -0.114. The molecule has 1 atom stereocenters. The van der Waals surface area contributed by atoms with E-state index in [0.29, 0.717) is 17.8 Å². The summed E-state index contributed by atoms with van der Waals surface area (Å²) in [6.07, 6.45) is 0. The topological polar surface area (TPSA) is 62.6 Å². The van der Waals surface area contributed by atoms with Gasteiger partial charge in [0.15, 0.2) is 0 Å². The molecule has 1 unspecified atom stereocenters. The fraction of sp³-hybridized carbons (Fsp3) is 0.273. The maximum absolute atomic E-state index is 12.0. The van der Waals surface area contributed by atoms with Crippen LogP contribution in [0.1, 0.15) is 36.6 Å². The summed E-state index contributed by atoms with van der Waals surface area (Å²) >= 11 is 0. The summed E-state index contributed by atoms with van der Waals surface area (Å²) in [5.74, 6) is -0.167. The smallest absolute Gasteiger partial charge is 0.336 e. The van der Waals surface area contributed by atoms with Crippen molar-refractivity contribution in [1.29, 1.82) is 0 Å². The Hall–Kier alpha value is -2.92. The molecule has 5 heteroatoms. The van der Waals surface area contributed by atoms with Gasteiger partial charge in [0, 0.05) is 42.7 Å². The van der Waals surface area contributed by atoms with Crippen molar-refractivity contribution in [3.63, 3.8) is 0 Å². The fourth-order valence-corrected chi connectivity index (χ4v) is 3.15. The van der Waals surface area contributed by atoms with E-state index in [4.69, 9.17) is 4.42 Å². The molecule has 0 spiro atoms. The van der Waals surface area contributed by atoms with Gasteiger partial charge in [-0.2, -0.15) is 0 Å². The number of aryl methyl sites for hydroxylation is 1. The van der Waals surface area contributed by atoms with E-state index in [0.717, 1.165) is 10.9 Å². The second-order valence-electron chi connectivity index (χ2n) is 6.98. The number of nitrogens with zero attached hydrogens (tertiary/aromatic N) is 1. The number of amides is 1. The molecule has 3 aromatic rings. The highest BCUT2D eigenvalue weighted by Gasteiger charge is 2.15. The van der Waals surface area contributed by atoms with Gasteiger partial charge in [-0.15, -0.1) is 0 Å². The van der Waals surface area contributed by atoms with Gasteiger partial charge < -0.3 is 9.73 Å². The lowest BCUT2D eigenvalue weighted by Crippen LogP contribution is -2.22. The van der Waals surface area contributed by atoms with Gasteiger partial charge in [-0.25, -0.2) is 4.79 Å². The fourth-order valence-electron chi connectivity index (χ4n) is 3.15. The highest BCUT2D eigenvalue weighted by Crippen LogP contribution is 2.25. The Bertz CT molecular complexity index is 1020. The van der Waals surface area contributed by atoms with Crippen LogP contribution in [0.3, 0.4) is 0 Å². The molecule has 0 radical (unpaired) electrons. The average Bonchev–Trinajstić information content (AvgIpc) is 2.60. The molecular weight excluding hydrogens is 340 g/mol. The number of fused-ring (bicyclic) bond motifs is 1. The summed E-state index contributed by atoms with van der Waals surface area (Å²) in [6.45, 7) is 6.27. The van der Waals surface area contributed by atoms with Gasteiger partial charge >= 0.3 is 5.63 Å². The average molecular weight is 364 g/mol. The molecule has 1 heterocycles. The minimum atomic E-state index is -0.395. The van der Waals surface area contributed by atoms with Gasteiger partial charge in [0.2, 0.25) is 5.91 Å². The van der Waals surface area contributed by atoms with E-state index in [1.807, 2.05) is 19.2 Å². The van der Waals surface area contributed by atoms with Crippen molar-refractivity contribution in [3.8, 4) is 0 Å². The van der Waals surface area contributed by atoms with Crippen LogP contribution in [-0.2, 0) is 11.3 Å². The molecule has 2 aromatic carbocycles. The van der Waals surface area contributed by atoms with E-state index in [2.05, 4.69) is 48.3 Å². The number of nitrogens with one attached hydrogen (secondary N) is 1. The van der Waals surface area contributed by atoms with Crippen molar-refractivity contribution < 1.29 is 9.21 Å². The Morgan fingerprint density at radius 3 is 2.52 bits per heavy atom. The van der Waals surface area contributed by atoms with E-state index in [9.17, 15) is 9.59 Å². The normalized spacial score (nSPS) is 12.3. The number of carbonyl (C=O) groups is 1. The molecule has 0 saturated carbocycles. The SMILES string of the molecule is CC(=O)Nc1ccc2c(CN(C)C(C)c3ccc(C)cc3)cc(=O)oc2c1. The van der Waals surface area contributed by atoms with Crippen molar-refractivity contribution in [1.82, 2.24) is 4.90 Å². The molecular formula is C22H24N2O3. The van der Waals surface area contributed by atoms with Crippen molar-refractivity contribution >= 4 is 22.6 Å². The van der Waals surface area contributed by atoms with Crippen LogP contribution in [-0.4, -0.2) is 17.9 Å². The number of benzene rings is 2. The van der Waals surface area contributed by atoms with Crippen molar-refractivity contribution in [3.05, 3.63) is 75.6 Å². The summed E-state index contributed by atoms with van der Waals surface area (Å²) in [5.41, 5.74) is 4.04. The first-order valence-corrected chi connectivity index (χ1v) is 8.94. The Labute approximate surface area is 158 Å². The summed E-state index contributed by atoms with van der Waals surface area (Å²) in [5, 5.41) is 3.58. The minimum absolute atomic E-state index is 0.167. The van der Waals surface area contributed by atoms with Crippen LogP contribution < -0.4 is 10.9 Å². The second kappa shape index (κ2) is 7.76. The lowest BCUT2D eigenvalue weighted by Gasteiger charge is -2.25. The zero-order chi connectivity index (χ0) is 19.6. The van der Waals surface area contributed by atoms with Crippen LogP contribution in [0.2, 0.25) is 0 Å². The Kier molecular flexibility index (Phi) is 5.42. The summed E-state index contributed by atoms with van der Waals surface area (Å²) in [7, 11) is 2.04. The molecule has 1 aromatic heterocycles. The van der Waals surface area contributed by atoms with Crippen molar-refractivity contribution in [2.24, 2.45) is 0 Å². The van der Waals surface area contributed by atoms with Gasteiger partial charge in [0.05, 0.1) is 0 Å². The maximum atomic E-state index is 12.0. The lowest BCUT2D eigenvalue weighted by atomic mass is 10.0. The first-order valence-electron chi connectivity index (χ1n) is 8.94. The van der Waals surface area contributed by atoms with Gasteiger partial charge in [-0.1, -0.05) is 29.8 Å². The standard InChI is InChI=1S/C22H24N2O3/c1-14-5-7-17(8-6-14)15(2)24(4)13-18-11-22(26)27-21-12-19(23-16(3)25)9-10-20(18)21/h5-12,15H,13H2,1-4H3,(H,23,25). The predicted molar refractivity (Wildman–Crippen MR) is 108 cm³/mol. The zero-order valence-corrected chi connectivity index (χ0v) is 16.1. The number of hydrogen-bond acceptors (Lipinski definition) is 4. The molecule has 0 aliphatic heterocycles. The molecule has 1 amide bonds. The quantitative estimate of drug-likeness (QED) is 0.688. The summed E-state index contributed by atoms with van der Waals surface area (Å²) < 4.78 is 5.34. The Balaban J connectivity index is 1.90. The molecule has 0 bridgehead atoms. The summed E-state index contributed by atoms with van der Waals surface area (Å²) in [6, 6.07) is 15.6. The van der Waals surface area contributed by atoms with Crippen LogP contribution in [0.15, 0.2) is 57.7 Å². The van der Waals surface area contributed by atoms with E-state index in [1.54, 1.807) is 12.1 Å². The monoisotopic (exact) mass is 364 g/mol. The van der Waals surface area contributed by atoms with Crippen LogP contribution in [0, 0.1) is 6.92 Å². The highest BCUT2D eigenvalue weighted by molar-refractivity contribution is 5.92. The number of hydrogen-bond donors (Lipinski definition) is 1. The second-order valence-corrected chi connectivity index (χ2v) is 6.98. The van der Waals surface area contributed by atoms with Crippen molar-refractivity contribution in [2.75, 3.05) is 12.4 Å². The van der Waals surface area contributed by atoms with Gasteiger partial charge in [0.1, 0.15) is 5.58 Å². The van der Waals surface area contributed by atoms with Gasteiger partial charge in [-0.3, -0.25) is 9.69 Å². The number of carbonyl (C=O) groups excluding carboxylic acids is 1. The van der Waals surface area contributed by atoms with E-state index in [1.165, 1.54) is 18.1 Å². The van der Waals surface area contributed by atoms with Crippen LogP contribution in [0.5, 0.6) is 0 Å². The molecule has 140 valence electrons. The number of rotatable bonds is 5. The molecule has 27 heavy (non-hydrogen) atoms. The molecule has 3 rings (SSSR count). The Morgan fingerprint density at radius 1 is 1.15 bits per heavy atom. The third kappa shape index (κ3) is 4.44. The van der Waals surface area contributed by atoms with Gasteiger partial charge in [0.25, 0.3) is 0 Å². The first-order chi connectivity index (χ1) is 12.8. The largest absolute Gasteiger partial charge is 0.423 e. The summed E-state index contributed by atoms with van der Waals surface area (Å²) in [4.78, 5) is 25.5. The highest BCUT2D eigenvalue weighted by atomic mass is 16.4. The van der Waals surface area contributed by atoms with E-state index in [-0.39, 0.29) is 11.9 Å². The molecule has 5 nitrogen and oxygen atoms in total. The van der Waals surface area contributed by atoms with Crippen LogP contribution in [0.4, 0.5) is 5.69 Å². The van der Waals surface area contributed by atoms with Crippen LogP contribution >= 0.6 is 0 Å². The predicted octanol–water partition coefficient (Wildman–Crippen LogP) is 4.25. The molecule has 0 saturated heterocycles. The van der Waals surface area contributed by atoms with Crippen LogP contribution in [0.25, 0.3) is 11.0 Å². The molecule has 0 aliphatic rings. The van der Waals surface area contributed by atoms with Crippen molar-refractivity contribution in [2.45, 2.75) is 33.4 Å². The first kappa shape index (κ1) is 18.9. The maximum Gasteiger partial charge on any atom is 0.336 e. The molecule has 0 aliphatic carbocycles. The van der Waals surface area contributed by atoms with E-state index >= 15 is 0 Å². The third-order valence-electron chi connectivity index (χ3n) is 4.79. The van der Waals surface area contributed by atoms with Gasteiger partial charge in [-0.05, 0) is 44.2 Å². The zero-order valence-electron chi connectivity index (χ0n) is 16.1. The third-order valence-corrected chi connectivity index (χ3v) is 4.79. The minimum Gasteiger partial charge on any atom is -0.423 e. The van der Waals surface area contributed by atoms with E-state index < -0.39 is 5.63 Å². The molecule has 0 fully saturated rings. The molecule has 1 N–H and O–H groups in total. The number of anilines is 1. The Morgan fingerprint density at radius 2 is 1.85 bits per heavy atom.